The average Bonchev–Trinajstić information content (AvgIpc) is 2.58. The first-order valence-corrected chi connectivity index (χ1v) is 7.06. The number of thiazole rings is 1. The van der Waals surface area contributed by atoms with Gasteiger partial charge >= 0.3 is 0 Å². The summed E-state index contributed by atoms with van der Waals surface area (Å²) < 4.78 is 11.1. The van der Waals surface area contributed by atoms with E-state index in [1.807, 2.05) is 19.2 Å². The third kappa shape index (κ3) is 4.30. The standard InChI is InChI=1S/C9H16N2OS2/c1-3-14(12)5-4-10-6-9-11-8(2)7-13-9/h7,10H,3-6H2,1-2H3. The van der Waals surface area contributed by atoms with Crippen LogP contribution < -0.4 is 5.32 Å². The van der Waals surface area contributed by atoms with Gasteiger partial charge in [-0.1, -0.05) is 6.92 Å². The van der Waals surface area contributed by atoms with Gasteiger partial charge < -0.3 is 5.32 Å². The van der Waals surface area contributed by atoms with Gasteiger partial charge in [0.1, 0.15) is 5.01 Å². The van der Waals surface area contributed by atoms with Gasteiger partial charge in [0.25, 0.3) is 0 Å². The highest BCUT2D eigenvalue weighted by Gasteiger charge is 1.98. The van der Waals surface area contributed by atoms with Crippen molar-refractivity contribution in [2.24, 2.45) is 0 Å². The van der Waals surface area contributed by atoms with Gasteiger partial charge in [0.05, 0.1) is 0 Å². The zero-order chi connectivity index (χ0) is 10.4. The van der Waals surface area contributed by atoms with Crippen LogP contribution >= 0.6 is 11.3 Å². The summed E-state index contributed by atoms with van der Waals surface area (Å²) in [5, 5.41) is 6.38. The molecular formula is C9H16N2OS2. The molecule has 1 unspecified atom stereocenters. The second kappa shape index (κ2) is 6.27. The molecule has 80 valence electrons. The van der Waals surface area contributed by atoms with Crippen LogP contribution in [0.15, 0.2) is 5.38 Å². The van der Waals surface area contributed by atoms with Crippen molar-refractivity contribution in [2.75, 3.05) is 18.1 Å². The summed E-state index contributed by atoms with van der Waals surface area (Å²) in [4.78, 5) is 4.33. The Morgan fingerprint density at radius 3 is 3.00 bits per heavy atom. The second-order valence-corrected chi connectivity index (χ2v) is 5.80. The zero-order valence-electron chi connectivity index (χ0n) is 8.58. The van der Waals surface area contributed by atoms with Gasteiger partial charge in [0, 0.05) is 46.5 Å². The van der Waals surface area contributed by atoms with Crippen LogP contribution in [0.1, 0.15) is 17.6 Å². The minimum atomic E-state index is -0.659. The predicted molar refractivity (Wildman–Crippen MR) is 62.1 cm³/mol. The molecular weight excluding hydrogens is 216 g/mol. The van der Waals surface area contributed by atoms with E-state index in [-0.39, 0.29) is 0 Å². The topological polar surface area (TPSA) is 42.0 Å². The maximum absolute atomic E-state index is 11.1. The highest BCUT2D eigenvalue weighted by Crippen LogP contribution is 2.07. The van der Waals surface area contributed by atoms with Crippen molar-refractivity contribution >= 4 is 22.1 Å². The fraction of sp³-hybridized carbons (Fsp3) is 0.667. The Morgan fingerprint density at radius 1 is 1.64 bits per heavy atom. The Balaban J connectivity index is 2.13. The van der Waals surface area contributed by atoms with Crippen molar-refractivity contribution in [3.05, 3.63) is 16.1 Å². The summed E-state index contributed by atoms with van der Waals surface area (Å²) in [6.07, 6.45) is 0. The predicted octanol–water partition coefficient (Wildman–Crippen LogP) is 1.31. The molecule has 1 aromatic heterocycles. The molecule has 1 atom stereocenters. The molecule has 0 radical (unpaired) electrons. The molecule has 0 saturated carbocycles. The number of hydrogen-bond acceptors (Lipinski definition) is 4. The minimum absolute atomic E-state index is 0.659. The molecule has 5 heteroatoms. The molecule has 0 aromatic carbocycles. The summed E-state index contributed by atoms with van der Waals surface area (Å²) in [5.74, 6) is 1.49. The highest BCUT2D eigenvalue weighted by atomic mass is 32.2. The van der Waals surface area contributed by atoms with Gasteiger partial charge in [-0.2, -0.15) is 0 Å². The number of aryl methyl sites for hydroxylation is 1. The van der Waals surface area contributed by atoms with Crippen molar-refractivity contribution in [3.8, 4) is 0 Å². The van der Waals surface area contributed by atoms with E-state index in [1.165, 1.54) is 0 Å². The van der Waals surface area contributed by atoms with Crippen molar-refractivity contribution < 1.29 is 4.21 Å². The first-order chi connectivity index (χ1) is 6.72. The Morgan fingerprint density at radius 2 is 2.43 bits per heavy atom. The SMILES string of the molecule is CCS(=O)CCNCc1nc(C)cs1. The van der Waals surface area contributed by atoms with Gasteiger partial charge in [0.2, 0.25) is 0 Å². The molecule has 1 aromatic rings. The smallest absolute Gasteiger partial charge is 0.107 e. The molecule has 1 heterocycles. The third-order valence-corrected chi connectivity index (χ3v) is 4.04. The van der Waals surface area contributed by atoms with Crippen LogP contribution in [0.3, 0.4) is 0 Å². The maximum Gasteiger partial charge on any atom is 0.107 e. The lowest BCUT2D eigenvalue weighted by Crippen LogP contribution is -2.20. The molecule has 0 aliphatic rings. The van der Waals surface area contributed by atoms with Gasteiger partial charge in [-0.3, -0.25) is 4.21 Å². The quantitative estimate of drug-likeness (QED) is 0.752. The number of rotatable bonds is 6. The molecule has 0 spiro atoms. The van der Waals surface area contributed by atoms with Crippen molar-refractivity contribution in [1.82, 2.24) is 10.3 Å². The molecule has 0 aliphatic carbocycles. The normalized spacial score (nSPS) is 13.0. The van der Waals surface area contributed by atoms with Gasteiger partial charge in [-0.25, -0.2) is 4.98 Å². The largest absolute Gasteiger partial charge is 0.310 e. The summed E-state index contributed by atoms with van der Waals surface area (Å²) in [6.45, 7) is 5.53. The first-order valence-electron chi connectivity index (χ1n) is 4.69. The number of nitrogens with one attached hydrogen (secondary N) is 1. The van der Waals surface area contributed by atoms with Crippen LogP contribution in [0.2, 0.25) is 0 Å². The lowest BCUT2D eigenvalue weighted by atomic mass is 10.5. The summed E-state index contributed by atoms with van der Waals surface area (Å²) >= 11 is 1.66. The number of nitrogens with zero attached hydrogens (tertiary/aromatic N) is 1. The lowest BCUT2D eigenvalue weighted by molar-refractivity contribution is 0.673. The van der Waals surface area contributed by atoms with E-state index in [1.54, 1.807) is 11.3 Å². The van der Waals surface area contributed by atoms with Crippen LogP contribution in [-0.2, 0) is 17.3 Å². The molecule has 0 bridgehead atoms. The zero-order valence-corrected chi connectivity index (χ0v) is 10.2. The van der Waals surface area contributed by atoms with Crippen LogP contribution in [0.25, 0.3) is 0 Å². The molecule has 1 N–H and O–H groups in total. The molecule has 0 amide bonds. The third-order valence-electron chi connectivity index (χ3n) is 1.77. The Kier molecular flexibility index (Phi) is 5.29. The van der Waals surface area contributed by atoms with Gasteiger partial charge in [0.15, 0.2) is 0 Å². The van der Waals surface area contributed by atoms with E-state index in [0.29, 0.717) is 0 Å². The highest BCUT2D eigenvalue weighted by molar-refractivity contribution is 7.84. The Bertz CT molecular complexity index is 299. The first kappa shape index (κ1) is 11.8. The van der Waals surface area contributed by atoms with E-state index in [2.05, 4.69) is 10.3 Å². The number of hydrogen-bond donors (Lipinski definition) is 1. The van der Waals surface area contributed by atoms with E-state index >= 15 is 0 Å². The van der Waals surface area contributed by atoms with E-state index in [4.69, 9.17) is 0 Å². The second-order valence-electron chi connectivity index (χ2n) is 2.99. The van der Waals surface area contributed by atoms with Gasteiger partial charge in [-0.15, -0.1) is 11.3 Å². The molecule has 0 aliphatic heterocycles. The van der Waals surface area contributed by atoms with E-state index in [9.17, 15) is 4.21 Å². The summed E-state index contributed by atoms with van der Waals surface area (Å²) in [6, 6.07) is 0. The summed E-state index contributed by atoms with van der Waals surface area (Å²) in [5.41, 5.74) is 1.07. The summed E-state index contributed by atoms with van der Waals surface area (Å²) in [7, 11) is -0.659. The number of aromatic nitrogens is 1. The van der Waals surface area contributed by atoms with Crippen LogP contribution in [0.5, 0.6) is 0 Å². The van der Waals surface area contributed by atoms with Crippen molar-refractivity contribution in [1.29, 1.82) is 0 Å². The van der Waals surface area contributed by atoms with Crippen LogP contribution in [0, 0.1) is 6.92 Å². The molecule has 0 fully saturated rings. The fourth-order valence-corrected chi connectivity index (χ4v) is 2.41. The molecule has 1 rings (SSSR count). The monoisotopic (exact) mass is 232 g/mol. The van der Waals surface area contributed by atoms with Crippen molar-refractivity contribution in [2.45, 2.75) is 20.4 Å². The fourth-order valence-electron chi connectivity index (χ4n) is 1.01. The molecule has 3 nitrogen and oxygen atoms in total. The Labute approximate surface area is 91.4 Å². The van der Waals surface area contributed by atoms with E-state index in [0.717, 1.165) is 35.3 Å². The molecule has 0 saturated heterocycles. The van der Waals surface area contributed by atoms with Crippen molar-refractivity contribution in [3.63, 3.8) is 0 Å². The average molecular weight is 232 g/mol. The van der Waals surface area contributed by atoms with Gasteiger partial charge in [-0.05, 0) is 6.92 Å². The minimum Gasteiger partial charge on any atom is -0.310 e. The van der Waals surface area contributed by atoms with E-state index < -0.39 is 10.8 Å². The Hall–Kier alpha value is -0.260. The maximum atomic E-state index is 11.1. The lowest BCUT2D eigenvalue weighted by Gasteiger charge is -2.00. The van der Waals surface area contributed by atoms with Crippen LogP contribution in [0.4, 0.5) is 0 Å². The molecule has 14 heavy (non-hydrogen) atoms. The van der Waals surface area contributed by atoms with Crippen LogP contribution in [-0.4, -0.2) is 27.2 Å².